The molecular weight excluding hydrogens is 364 g/mol. The van der Waals surface area contributed by atoms with Crippen molar-refractivity contribution in [1.82, 2.24) is 20.0 Å². The van der Waals surface area contributed by atoms with E-state index in [9.17, 15) is 4.79 Å². The van der Waals surface area contributed by atoms with Crippen LogP contribution in [0.25, 0.3) is 5.69 Å². The Morgan fingerprint density at radius 1 is 1.31 bits per heavy atom. The highest BCUT2D eigenvalue weighted by Gasteiger charge is 2.33. The van der Waals surface area contributed by atoms with Gasteiger partial charge in [0.2, 0.25) is 0 Å². The monoisotopic (exact) mass is 396 g/mol. The summed E-state index contributed by atoms with van der Waals surface area (Å²) in [7, 11) is 0. The maximum atomic E-state index is 13.0. The summed E-state index contributed by atoms with van der Waals surface area (Å²) in [5.74, 6) is 1.01. The Morgan fingerprint density at radius 2 is 2.10 bits per heavy atom. The molecule has 1 unspecified atom stereocenters. The number of rotatable bonds is 7. The fourth-order valence-corrected chi connectivity index (χ4v) is 4.16. The van der Waals surface area contributed by atoms with Crippen LogP contribution in [0.2, 0.25) is 0 Å². The zero-order valence-electron chi connectivity index (χ0n) is 17.7. The molecule has 1 aromatic carbocycles. The molecule has 2 fully saturated rings. The summed E-state index contributed by atoms with van der Waals surface area (Å²) in [6.45, 7) is 10.7. The van der Waals surface area contributed by atoms with Gasteiger partial charge in [-0.05, 0) is 37.3 Å². The summed E-state index contributed by atoms with van der Waals surface area (Å²) in [5.41, 5.74) is 3.95. The van der Waals surface area contributed by atoms with Gasteiger partial charge in [0.05, 0.1) is 35.9 Å². The summed E-state index contributed by atoms with van der Waals surface area (Å²) in [6, 6.07) is 8.19. The van der Waals surface area contributed by atoms with Crippen molar-refractivity contribution < 1.29 is 9.53 Å². The zero-order chi connectivity index (χ0) is 20.4. The predicted octanol–water partition coefficient (Wildman–Crippen LogP) is 3.14. The van der Waals surface area contributed by atoms with Gasteiger partial charge in [-0.25, -0.2) is 4.68 Å². The molecule has 1 amide bonds. The standard InChI is InChI=1S/C23H32N4O2/c1-16(2)14-26-10-11-29-19(15-26)12-24-23(28)20-13-25-27(22(20)18-8-9-18)21-7-5-4-6-17(21)3/h4-7,13,16,18-19H,8-12,14-15H2,1-3H3,(H,24,28). The summed E-state index contributed by atoms with van der Waals surface area (Å²) < 4.78 is 7.84. The second-order valence-corrected chi connectivity index (χ2v) is 8.77. The van der Waals surface area contributed by atoms with Gasteiger partial charge in [-0.3, -0.25) is 9.69 Å². The first-order valence-corrected chi connectivity index (χ1v) is 10.8. The molecule has 0 spiro atoms. The molecule has 1 N–H and O–H groups in total. The highest BCUT2D eigenvalue weighted by atomic mass is 16.5. The third kappa shape index (κ3) is 4.70. The van der Waals surface area contributed by atoms with Crippen LogP contribution in [-0.4, -0.2) is 59.5 Å². The fraction of sp³-hybridized carbons (Fsp3) is 0.565. The van der Waals surface area contributed by atoms with Gasteiger partial charge in [-0.2, -0.15) is 5.10 Å². The Hall–Kier alpha value is -2.18. The number of morpholine rings is 1. The van der Waals surface area contributed by atoms with Crippen LogP contribution in [0, 0.1) is 12.8 Å². The summed E-state index contributed by atoms with van der Waals surface area (Å²) in [5, 5.41) is 7.69. The minimum Gasteiger partial charge on any atom is -0.374 e. The quantitative estimate of drug-likeness (QED) is 0.781. The molecule has 1 aromatic heterocycles. The molecular formula is C23H32N4O2. The average Bonchev–Trinajstić information content (AvgIpc) is 3.44. The van der Waals surface area contributed by atoms with Gasteiger partial charge in [-0.15, -0.1) is 0 Å². The maximum Gasteiger partial charge on any atom is 0.254 e. The van der Waals surface area contributed by atoms with Crippen LogP contribution >= 0.6 is 0 Å². The Morgan fingerprint density at radius 3 is 2.83 bits per heavy atom. The van der Waals surface area contributed by atoms with Gasteiger partial charge in [-0.1, -0.05) is 32.0 Å². The fourth-order valence-electron chi connectivity index (χ4n) is 4.16. The van der Waals surface area contributed by atoms with Gasteiger partial charge < -0.3 is 10.1 Å². The van der Waals surface area contributed by atoms with Crippen LogP contribution in [0.4, 0.5) is 0 Å². The lowest BCUT2D eigenvalue weighted by Gasteiger charge is -2.33. The van der Waals surface area contributed by atoms with Crippen LogP contribution in [0.3, 0.4) is 0 Å². The van der Waals surface area contributed by atoms with Crippen molar-refractivity contribution in [3.05, 3.63) is 47.3 Å². The molecule has 1 saturated heterocycles. The molecule has 1 aliphatic heterocycles. The molecule has 0 radical (unpaired) electrons. The lowest BCUT2D eigenvalue weighted by molar-refractivity contribution is -0.0295. The number of aromatic nitrogens is 2. The molecule has 1 aliphatic carbocycles. The van der Waals surface area contributed by atoms with E-state index in [1.54, 1.807) is 6.20 Å². The lowest BCUT2D eigenvalue weighted by Crippen LogP contribution is -2.48. The number of carbonyl (C=O) groups excluding carboxylic acids is 1. The van der Waals surface area contributed by atoms with Crippen LogP contribution in [0.15, 0.2) is 30.5 Å². The van der Waals surface area contributed by atoms with Gasteiger partial charge in [0.1, 0.15) is 0 Å². The lowest BCUT2D eigenvalue weighted by atomic mass is 10.1. The van der Waals surface area contributed by atoms with E-state index in [1.807, 2.05) is 16.8 Å². The van der Waals surface area contributed by atoms with Crippen molar-refractivity contribution in [2.75, 3.05) is 32.8 Å². The van der Waals surface area contributed by atoms with Crippen molar-refractivity contribution in [3.8, 4) is 5.69 Å². The number of benzene rings is 1. The van der Waals surface area contributed by atoms with E-state index < -0.39 is 0 Å². The SMILES string of the molecule is Cc1ccccc1-n1ncc(C(=O)NCC2CN(CC(C)C)CCO2)c1C1CC1. The van der Waals surface area contributed by atoms with E-state index in [0.717, 1.165) is 56.0 Å². The van der Waals surface area contributed by atoms with Crippen molar-refractivity contribution in [2.24, 2.45) is 5.92 Å². The van der Waals surface area contributed by atoms with Gasteiger partial charge >= 0.3 is 0 Å². The number of carbonyl (C=O) groups is 1. The van der Waals surface area contributed by atoms with Crippen molar-refractivity contribution in [3.63, 3.8) is 0 Å². The number of nitrogens with zero attached hydrogens (tertiary/aromatic N) is 3. The highest BCUT2D eigenvalue weighted by Crippen LogP contribution is 2.42. The van der Waals surface area contributed by atoms with Gasteiger partial charge in [0.25, 0.3) is 5.91 Å². The number of hydrogen-bond donors (Lipinski definition) is 1. The largest absolute Gasteiger partial charge is 0.374 e. The number of para-hydroxylation sites is 1. The second kappa shape index (κ2) is 8.67. The van der Waals surface area contributed by atoms with E-state index in [4.69, 9.17) is 4.74 Å². The third-order valence-electron chi connectivity index (χ3n) is 5.70. The van der Waals surface area contributed by atoms with Crippen LogP contribution in [0.1, 0.15) is 54.2 Å². The summed E-state index contributed by atoms with van der Waals surface area (Å²) in [4.78, 5) is 15.4. The summed E-state index contributed by atoms with van der Waals surface area (Å²) in [6.07, 6.45) is 4.01. The van der Waals surface area contributed by atoms with Gasteiger partial charge in [0.15, 0.2) is 0 Å². The highest BCUT2D eigenvalue weighted by molar-refractivity contribution is 5.95. The van der Waals surface area contributed by atoms with Crippen molar-refractivity contribution in [2.45, 2.75) is 45.6 Å². The molecule has 29 heavy (non-hydrogen) atoms. The topological polar surface area (TPSA) is 59.4 Å². The Labute approximate surface area is 173 Å². The third-order valence-corrected chi connectivity index (χ3v) is 5.70. The van der Waals surface area contributed by atoms with E-state index in [-0.39, 0.29) is 12.0 Å². The van der Waals surface area contributed by atoms with Crippen molar-refractivity contribution >= 4 is 5.91 Å². The normalized spacial score (nSPS) is 20.2. The molecule has 2 heterocycles. The first-order chi connectivity index (χ1) is 14.0. The van der Waals surface area contributed by atoms with Crippen molar-refractivity contribution in [1.29, 1.82) is 0 Å². The molecule has 2 aliphatic rings. The zero-order valence-corrected chi connectivity index (χ0v) is 17.7. The summed E-state index contributed by atoms with van der Waals surface area (Å²) >= 11 is 0. The molecule has 1 atom stereocenters. The number of hydrogen-bond acceptors (Lipinski definition) is 4. The Kier molecular flexibility index (Phi) is 6.01. The predicted molar refractivity (Wildman–Crippen MR) is 114 cm³/mol. The first kappa shape index (κ1) is 20.1. The van der Waals surface area contributed by atoms with E-state index >= 15 is 0 Å². The van der Waals surface area contributed by atoms with Crippen LogP contribution in [0.5, 0.6) is 0 Å². The average molecular weight is 397 g/mol. The molecule has 6 heteroatoms. The minimum absolute atomic E-state index is 0.0437. The van der Waals surface area contributed by atoms with E-state index in [0.29, 0.717) is 23.9 Å². The number of amides is 1. The van der Waals surface area contributed by atoms with Crippen LogP contribution in [-0.2, 0) is 4.74 Å². The Balaban J connectivity index is 1.45. The van der Waals surface area contributed by atoms with Crippen LogP contribution < -0.4 is 5.32 Å². The smallest absolute Gasteiger partial charge is 0.254 e. The molecule has 6 nitrogen and oxygen atoms in total. The number of nitrogens with one attached hydrogen (secondary N) is 1. The molecule has 4 rings (SSSR count). The van der Waals surface area contributed by atoms with Gasteiger partial charge in [0, 0.05) is 32.1 Å². The number of ether oxygens (including phenoxy) is 1. The minimum atomic E-state index is -0.0451. The molecule has 156 valence electrons. The Bertz CT molecular complexity index is 856. The van der Waals surface area contributed by atoms with E-state index in [2.05, 4.69) is 48.2 Å². The molecule has 0 bridgehead atoms. The first-order valence-electron chi connectivity index (χ1n) is 10.8. The number of aryl methyl sites for hydroxylation is 1. The second-order valence-electron chi connectivity index (χ2n) is 8.77. The molecule has 1 saturated carbocycles. The van der Waals surface area contributed by atoms with E-state index in [1.165, 1.54) is 0 Å². The molecule has 2 aromatic rings. The maximum absolute atomic E-state index is 13.0.